The summed E-state index contributed by atoms with van der Waals surface area (Å²) in [5.41, 5.74) is 0.374. The maximum absolute atomic E-state index is 11.7. The number of carboxylic acids is 1. The van der Waals surface area contributed by atoms with Crippen molar-refractivity contribution in [2.24, 2.45) is 5.92 Å². The third-order valence-electron chi connectivity index (χ3n) is 3.22. The first-order chi connectivity index (χ1) is 9.95. The zero-order valence-corrected chi connectivity index (χ0v) is 12.1. The molecule has 0 radical (unpaired) electrons. The van der Waals surface area contributed by atoms with Crippen LogP contribution in [-0.4, -0.2) is 35.5 Å². The predicted molar refractivity (Wildman–Crippen MR) is 74.7 cm³/mol. The second kappa shape index (κ2) is 8.08. The molecule has 2 atom stereocenters. The first-order valence-electron chi connectivity index (χ1n) is 6.78. The topological polar surface area (TPSA) is 109 Å². The van der Waals surface area contributed by atoms with E-state index in [0.717, 1.165) is 0 Å². The smallest absolute Gasteiger partial charge is 0.326 e. The molecule has 1 rings (SSSR count). The van der Waals surface area contributed by atoms with Crippen LogP contribution >= 0.6 is 0 Å². The molecular weight excluding hydrogens is 276 g/mol. The third kappa shape index (κ3) is 5.29. The van der Waals surface area contributed by atoms with Crippen LogP contribution in [0.1, 0.15) is 37.0 Å². The van der Waals surface area contributed by atoms with Crippen molar-refractivity contribution in [3.8, 4) is 0 Å². The highest BCUT2D eigenvalue weighted by Crippen LogP contribution is 2.08. The van der Waals surface area contributed by atoms with Gasteiger partial charge in [-0.25, -0.2) is 4.79 Å². The van der Waals surface area contributed by atoms with Crippen molar-refractivity contribution in [1.29, 1.82) is 0 Å². The van der Waals surface area contributed by atoms with E-state index >= 15 is 0 Å². The number of hydrogen-bond acceptors (Lipinski definition) is 4. The van der Waals surface area contributed by atoms with E-state index in [1.165, 1.54) is 18.6 Å². The first-order valence-corrected chi connectivity index (χ1v) is 6.78. The Labute approximate surface area is 122 Å². The van der Waals surface area contributed by atoms with Gasteiger partial charge in [-0.1, -0.05) is 20.3 Å². The molecule has 1 aromatic heterocycles. The molecule has 0 saturated carbocycles. The van der Waals surface area contributed by atoms with Gasteiger partial charge < -0.3 is 20.2 Å². The van der Waals surface area contributed by atoms with Gasteiger partial charge >= 0.3 is 5.97 Å². The van der Waals surface area contributed by atoms with Crippen LogP contribution in [0.2, 0.25) is 0 Å². The summed E-state index contributed by atoms with van der Waals surface area (Å²) in [5.74, 6) is -1.96. The van der Waals surface area contributed by atoms with E-state index in [1.807, 2.05) is 6.92 Å². The lowest BCUT2D eigenvalue weighted by atomic mass is 9.99. The molecule has 2 amide bonds. The zero-order chi connectivity index (χ0) is 15.8. The number of nitrogens with one attached hydrogen (secondary N) is 2. The molecule has 1 aromatic rings. The van der Waals surface area contributed by atoms with Crippen molar-refractivity contribution < 1.29 is 23.9 Å². The van der Waals surface area contributed by atoms with E-state index in [-0.39, 0.29) is 24.8 Å². The number of furan rings is 1. The lowest BCUT2D eigenvalue weighted by Gasteiger charge is -2.20. The SMILES string of the molecule is CC[C@H](C)[C@H](NC(=O)CCNC(=O)c1ccoc1)C(=O)O. The third-order valence-corrected chi connectivity index (χ3v) is 3.22. The molecule has 0 aliphatic heterocycles. The fraction of sp³-hybridized carbons (Fsp3) is 0.500. The Morgan fingerprint density at radius 2 is 2.10 bits per heavy atom. The predicted octanol–water partition coefficient (Wildman–Crippen LogP) is 1.01. The molecule has 0 aromatic carbocycles. The summed E-state index contributed by atoms with van der Waals surface area (Å²) in [6.45, 7) is 3.75. The fourth-order valence-electron chi connectivity index (χ4n) is 1.71. The van der Waals surface area contributed by atoms with Crippen LogP contribution in [0, 0.1) is 5.92 Å². The lowest BCUT2D eigenvalue weighted by molar-refractivity contribution is -0.143. The van der Waals surface area contributed by atoms with Crippen LogP contribution in [0.15, 0.2) is 23.0 Å². The quantitative estimate of drug-likeness (QED) is 0.663. The Bertz CT molecular complexity index is 484. The Balaban J connectivity index is 2.36. The second-order valence-electron chi connectivity index (χ2n) is 4.79. The Kier molecular flexibility index (Phi) is 6.45. The monoisotopic (exact) mass is 296 g/mol. The van der Waals surface area contributed by atoms with E-state index in [0.29, 0.717) is 12.0 Å². The van der Waals surface area contributed by atoms with Crippen LogP contribution in [0.3, 0.4) is 0 Å². The summed E-state index contributed by atoms with van der Waals surface area (Å²) in [7, 11) is 0. The average molecular weight is 296 g/mol. The zero-order valence-electron chi connectivity index (χ0n) is 12.1. The molecule has 0 aliphatic rings. The van der Waals surface area contributed by atoms with Gasteiger partial charge in [0.25, 0.3) is 5.91 Å². The Hall–Kier alpha value is -2.31. The summed E-state index contributed by atoms with van der Waals surface area (Å²) in [4.78, 5) is 34.4. The number of rotatable bonds is 8. The second-order valence-corrected chi connectivity index (χ2v) is 4.79. The normalized spacial score (nSPS) is 13.2. The van der Waals surface area contributed by atoms with Crippen molar-refractivity contribution >= 4 is 17.8 Å². The number of carboxylic acid groups (broad SMARTS) is 1. The van der Waals surface area contributed by atoms with Gasteiger partial charge in [-0.3, -0.25) is 9.59 Å². The van der Waals surface area contributed by atoms with E-state index < -0.39 is 17.9 Å². The highest BCUT2D eigenvalue weighted by molar-refractivity contribution is 5.94. The number of hydrogen-bond donors (Lipinski definition) is 3. The highest BCUT2D eigenvalue weighted by atomic mass is 16.4. The number of carbonyl (C=O) groups is 3. The van der Waals surface area contributed by atoms with Crippen molar-refractivity contribution in [2.75, 3.05) is 6.54 Å². The van der Waals surface area contributed by atoms with Crippen molar-refractivity contribution in [1.82, 2.24) is 10.6 Å². The van der Waals surface area contributed by atoms with Crippen LogP contribution < -0.4 is 10.6 Å². The molecule has 7 heteroatoms. The summed E-state index contributed by atoms with van der Waals surface area (Å²) in [5, 5.41) is 14.1. The largest absolute Gasteiger partial charge is 0.480 e. The summed E-state index contributed by atoms with van der Waals surface area (Å²) in [6.07, 6.45) is 3.35. The number of amides is 2. The van der Waals surface area contributed by atoms with Crippen LogP contribution in [0.4, 0.5) is 0 Å². The van der Waals surface area contributed by atoms with Gasteiger partial charge in [0.15, 0.2) is 0 Å². The summed E-state index contributed by atoms with van der Waals surface area (Å²) >= 11 is 0. The molecule has 21 heavy (non-hydrogen) atoms. The number of aliphatic carboxylic acids is 1. The molecule has 0 saturated heterocycles. The minimum Gasteiger partial charge on any atom is -0.480 e. The van der Waals surface area contributed by atoms with Crippen LogP contribution in [0.5, 0.6) is 0 Å². The van der Waals surface area contributed by atoms with Gasteiger partial charge in [0, 0.05) is 13.0 Å². The van der Waals surface area contributed by atoms with E-state index in [2.05, 4.69) is 10.6 Å². The van der Waals surface area contributed by atoms with Gasteiger partial charge in [0.05, 0.1) is 11.8 Å². The molecule has 1 heterocycles. The molecule has 0 fully saturated rings. The van der Waals surface area contributed by atoms with Gasteiger partial charge in [-0.05, 0) is 12.0 Å². The molecule has 7 nitrogen and oxygen atoms in total. The lowest BCUT2D eigenvalue weighted by Crippen LogP contribution is -2.45. The molecule has 116 valence electrons. The van der Waals surface area contributed by atoms with E-state index in [1.54, 1.807) is 6.92 Å². The maximum Gasteiger partial charge on any atom is 0.326 e. The number of carbonyl (C=O) groups excluding carboxylic acids is 2. The van der Waals surface area contributed by atoms with Gasteiger partial charge in [-0.2, -0.15) is 0 Å². The maximum atomic E-state index is 11.7. The van der Waals surface area contributed by atoms with Gasteiger partial charge in [-0.15, -0.1) is 0 Å². The standard InChI is InChI=1S/C14H20N2O5/c1-3-9(2)12(14(19)20)16-11(17)4-6-15-13(18)10-5-7-21-8-10/h5,7-9,12H,3-4,6H2,1-2H3,(H,15,18)(H,16,17)(H,19,20)/t9-,12-/m0/s1. The van der Waals surface area contributed by atoms with Crippen molar-refractivity contribution in [3.63, 3.8) is 0 Å². The van der Waals surface area contributed by atoms with E-state index in [9.17, 15) is 14.4 Å². The van der Waals surface area contributed by atoms with Crippen molar-refractivity contribution in [2.45, 2.75) is 32.7 Å². The summed E-state index contributed by atoms with van der Waals surface area (Å²) in [6, 6.07) is 0.603. The first kappa shape index (κ1) is 16.7. The van der Waals surface area contributed by atoms with Gasteiger partial charge in [0.2, 0.25) is 5.91 Å². The van der Waals surface area contributed by atoms with E-state index in [4.69, 9.17) is 9.52 Å². The van der Waals surface area contributed by atoms with Crippen molar-refractivity contribution in [3.05, 3.63) is 24.2 Å². The molecule has 0 bridgehead atoms. The minimum atomic E-state index is -1.06. The molecular formula is C14H20N2O5. The van der Waals surface area contributed by atoms with Crippen LogP contribution in [-0.2, 0) is 9.59 Å². The fourth-order valence-corrected chi connectivity index (χ4v) is 1.71. The molecule has 0 aliphatic carbocycles. The molecule has 3 N–H and O–H groups in total. The molecule has 0 unspecified atom stereocenters. The Morgan fingerprint density at radius 3 is 2.62 bits per heavy atom. The van der Waals surface area contributed by atoms with Crippen LogP contribution in [0.25, 0.3) is 0 Å². The summed E-state index contributed by atoms with van der Waals surface area (Å²) < 4.78 is 4.78. The van der Waals surface area contributed by atoms with Gasteiger partial charge in [0.1, 0.15) is 12.3 Å². The Morgan fingerprint density at radius 1 is 1.38 bits per heavy atom. The average Bonchev–Trinajstić information content (AvgIpc) is 2.97. The highest BCUT2D eigenvalue weighted by Gasteiger charge is 2.24. The molecule has 0 spiro atoms. The minimum absolute atomic E-state index is 0.0177.